The van der Waals surface area contributed by atoms with Gasteiger partial charge in [0.1, 0.15) is 5.76 Å². The minimum Gasteiger partial charge on any atom is -0.469 e. The Balaban J connectivity index is 2.57. The zero-order valence-electron chi connectivity index (χ0n) is 11.1. The summed E-state index contributed by atoms with van der Waals surface area (Å²) in [6.45, 7) is 1.72. The van der Waals surface area contributed by atoms with Crippen molar-refractivity contribution in [3.8, 4) is 0 Å². The van der Waals surface area contributed by atoms with E-state index in [1.165, 1.54) is 20.4 Å². The van der Waals surface area contributed by atoms with Gasteiger partial charge in [-0.05, 0) is 19.1 Å². The van der Waals surface area contributed by atoms with Gasteiger partial charge in [0.05, 0.1) is 25.8 Å². The number of hydrogen-bond acceptors (Lipinski definition) is 5. The van der Waals surface area contributed by atoms with E-state index in [1.807, 2.05) is 0 Å². The Kier molecular flexibility index (Phi) is 5.52. The lowest BCUT2D eigenvalue weighted by Crippen LogP contribution is -2.40. The molecule has 1 rings (SSSR count). The van der Waals surface area contributed by atoms with Gasteiger partial charge in [-0.2, -0.15) is 17.4 Å². The second-order valence-corrected chi connectivity index (χ2v) is 5.82. The van der Waals surface area contributed by atoms with Gasteiger partial charge in [0.15, 0.2) is 0 Å². The van der Waals surface area contributed by atoms with Gasteiger partial charge in [0.25, 0.3) is 10.2 Å². The summed E-state index contributed by atoms with van der Waals surface area (Å²) in [6.07, 6.45) is 1.48. The van der Waals surface area contributed by atoms with Crippen LogP contribution in [0.1, 0.15) is 25.1 Å². The van der Waals surface area contributed by atoms with Crippen molar-refractivity contribution in [2.24, 2.45) is 0 Å². The number of ether oxygens (including phenoxy) is 1. The Hall–Kier alpha value is -1.38. The Morgan fingerprint density at radius 3 is 2.79 bits per heavy atom. The lowest BCUT2D eigenvalue weighted by Gasteiger charge is -2.19. The zero-order chi connectivity index (χ0) is 14.5. The molecule has 1 N–H and O–H groups in total. The average molecular weight is 290 g/mol. The summed E-state index contributed by atoms with van der Waals surface area (Å²) in [4.78, 5) is 11.0. The highest BCUT2D eigenvalue weighted by molar-refractivity contribution is 7.87. The number of furan rings is 1. The van der Waals surface area contributed by atoms with Crippen LogP contribution in [0, 0.1) is 0 Å². The fourth-order valence-corrected chi connectivity index (χ4v) is 2.45. The molecule has 0 fully saturated rings. The van der Waals surface area contributed by atoms with Gasteiger partial charge in [-0.1, -0.05) is 0 Å². The quantitative estimate of drug-likeness (QED) is 0.746. The molecule has 1 atom stereocenters. The monoisotopic (exact) mass is 290 g/mol. The fourth-order valence-electron chi connectivity index (χ4n) is 1.38. The van der Waals surface area contributed by atoms with E-state index in [2.05, 4.69) is 9.46 Å². The minimum atomic E-state index is -3.67. The Labute approximate surface area is 112 Å². The summed E-state index contributed by atoms with van der Waals surface area (Å²) >= 11 is 0. The van der Waals surface area contributed by atoms with Crippen molar-refractivity contribution in [3.63, 3.8) is 0 Å². The van der Waals surface area contributed by atoms with Gasteiger partial charge >= 0.3 is 5.97 Å². The number of nitrogens with zero attached hydrogens (tertiary/aromatic N) is 1. The van der Waals surface area contributed by atoms with Gasteiger partial charge in [-0.25, -0.2) is 0 Å². The highest BCUT2D eigenvalue weighted by Crippen LogP contribution is 2.14. The van der Waals surface area contributed by atoms with Gasteiger partial charge in [0, 0.05) is 13.6 Å². The number of hydrogen-bond donors (Lipinski definition) is 1. The van der Waals surface area contributed by atoms with Crippen LogP contribution in [0.2, 0.25) is 0 Å². The largest absolute Gasteiger partial charge is 0.469 e. The summed E-state index contributed by atoms with van der Waals surface area (Å²) in [6, 6.07) is 2.88. The molecule has 0 saturated heterocycles. The van der Waals surface area contributed by atoms with Crippen LogP contribution in [-0.2, 0) is 19.7 Å². The molecule has 0 spiro atoms. The molecule has 1 aromatic rings. The molecular formula is C11H18N2O5S. The highest BCUT2D eigenvalue weighted by atomic mass is 32.2. The first-order chi connectivity index (χ1) is 8.86. The van der Waals surface area contributed by atoms with E-state index in [0.29, 0.717) is 5.76 Å². The molecule has 0 aliphatic heterocycles. The van der Waals surface area contributed by atoms with Crippen molar-refractivity contribution in [2.75, 3.05) is 20.7 Å². The third-order valence-electron chi connectivity index (χ3n) is 2.56. The summed E-state index contributed by atoms with van der Waals surface area (Å²) in [5.74, 6) is 0.0612. The van der Waals surface area contributed by atoms with E-state index in [0.717, 1.165) is 4.31 Å². The lowest BCUT2D eigenvalue weighted by molar-refractivity contribution is -0.140. The van der Waals surface area contributed by atoms with E-state index in [1.54, 1.807) is 19.1 Å². The topological polar surface area (TPSA) is 88.8 Å². The predicted molar refractivity (Wildman–Crippen MR) is 68.4 cm³/mol. The molecule has 0 amide bonds. The third kappa shape index (κ3) is 4.66. The maximum atomic E-state index is 12.0. The maximum absolute atomic E-state index is 12.0. The maximum Gasteiger partial charge on any atom is 0.306 e. The summed E-state index contributed by atoms with van der Waals surface area (Å²) in [5.41, 5.74) is 0. The fraction of sp³-hybridized carbons (Fsp3) is 0.545. The summed E-state index contributed by atoms with van der Waals surface area (Å²) in [7, 11) is -1.03. The predicted octanol–water partition coefficient (Wildman–Crippen LogP) is 0.670. The summed E-state index contributed by atoms with van der Waals surface area (Å²) in [5, 5.41) is 0. The number of esters is 1. The molecule has 8 heteroatoms. The molecule has 0 bridgehead atoms. The number of methoxy groups -OCH3 is 1. The lowest BCUT2D eigenvalue weighted by atomic mass is 10.3. The van der Waals surface area contributed by atoms with Crippen LogP contribution >= 0.6 is 0 Å². The van der Waals surface area contributed by atoms with Crippen LogP contribution in [0.3, 0.4) is 0 Å². The Morgan fingerprint density at radius 2 is 2.26 bits per heavy atom. The van der Waals surface area contributed by atoms with Crippen LogP contribution in [0.5, 0.6) is 0 Å². The van der Waals surface area contributed by atoms with Crippen LogP contribution < -0.4 is 4.72 Å². The summed E-state index contributed by atoms with van der Waals surface area (Å²) < 4.78 is 37.0. The number of carbonyl (C=O) groups excluding carboxylic acids is 1. The standard InChI is InChI=1S/C11H18N2O5S/c1-9(10-5-4-8-18-10)12-19(15,16)13(2)7-6-11(14)17-3/h4-5,8-9,12H,6-7H2,1-3H3/t9-/m0/s1. The van der Waals surface area contributed by atoms with Gasteiger partial charge in [-0.3, -0.25) is 4.79 Å². The molecule has 0 aromatic carbocycles. The Bertz CT molecular complexity index is 497. The minimum absolute atomic E-state index is 0.00302. The molecule has 7 nitrogen and oxygen atoms in total. The Morgan fingerprint density at radius 1 is 1.58 bits per heavy atom. The molecule has 0 radical (unpaired) electrons. The molecule has 1 aromatic heterocycles. The molecule has 19 heavy (non-hydrogen) atoms. The van der Waals surface area contributed by atoms with E-state index in [9.17, 15) is 13.2 Å². The molecule has 0 aliphatic rings. The van der Waals surface area contributed by atoms with E-state index in [-0.39, 0.29) is 13.0 Å². The van der Waals surface area contributed by atoms with Crippen molar-refractivity contribution in [1.82, 2.24) is 9.03 Å². The second kappa shape index (κ2) is 6.69. The smallest absolute Gasteiger partial charge is 0.306 e. The number of carbonyl (C=O) groups is 1. The first kappa shape index (κ1) is 15.7. The van der Waals surface area contributed by atoms with Crippen molar-refractivity contribution in [2.45, 2.75) is 19.4 Å². The SMILES string of the molecule is COC(=O)CCN(C)S(=O)(=O)N[C@@H](C)c1ccco1. The van der Waals surface area contributed by atoms with Crippen LogP contribution in [0.4, 0.5) is 0 Å². The van der Waals surface area contributed by atoms with Crippen molar-refractivity contribution >= 4 is 16.2 Å². The van der Waals surface area contributed by atoms with E-state index in [4.69, 9.17) is 4.42 Å². The number of nitrogens with one attached hydrogen (secondary N) is 1. The van der Waals surface area contributed by atoms with E-state index >= 15 is 0 Å². The second-order valence-electron chi connectivity index (χ2n) is 4.01. The first-order valence-electron chi connectivity index (χ1n) is 5.70. The van der Waals surface area contributed by atoms with Crippen LogP contribution in [-0.4, -0.2) is 39.4 Å². The molecule has 0 aliphatic carbocycles. The van der Waals surface area contributed by atoms with Crippen molar-refractivity contribution in [1.29, 1.82) is 0 Å². The number of rotatable bonds is 7. The van der Waals surface area contributed by atoms with Crippen molar-refractivity contribution < 1.29 is 22.4 Å². The zero-order valence-corrected chi connectivity index (χ0v) is 11.9. The van der Waals surface area contributed by atoms with Gasteiger partial charge in [0.2, 0.25) is 0 Å². The van der Waals surface area contributed by atoms with Gasteiger partial charge < -0.3 is 9.15 Å². The van der Waals surface area contributed by atoms with E-state index < -0.39 is 22.2 Å². The average Bonchev–Trinajstić information content (AvgIpc) is 2.88. The van der Waals surface area contributed by atoms with Crippen LogP contribution in [0.25, 0.3) is 0 Å². The van der Waals surface area contributed by atoms with Gasteiger partial charge in [-0.15, -0.1) is 0 Å². The molecule has 0 saturated carbocycles. The molecule has 1 heterocycles. The molecular weight excluding hydrogens is 272 g/mol. The van der Waals surface area contributed by atoms with Crippen molar-refractivity contribution in [3.05, 3.63) is 24.2 Å². The molecule has 0 unspecified atom stereocenters. The third-order valence-corrected chi connectivity index (χ3v) is 4.22. The molecule has 108 valence electrons. The van der Waals surface area contributed by atoms with Crippen LogP contribution in [0.15, 0.2) is 22.8 Å². The normalized spacial score (nSPS) is 13.5. The first-order valence-corrected chi connectivity index (χ1v) is 7.14. The highest BCUT2D eigenvalue weighted by Gasteiger charge is 2.22.